The minimum atomic E-state index is -0.536. The van der Waals surface area contributed by atoms with Crippen LogP contribution in [0, 0.1) is 11.8 Å². The van der Waals surface area contributed by atoms with Gasteiger partial charge in [-0.05, 0) is 51.4 Å². The first-order valence-electron chi connectivity index (χ1n) is 6.38. The van der Waals surface area contributed by atoms with Gasteiger partial charge in [0.05, 0.1) is 5.60 Å². The molecule has 0 aliphatic heterocycles. The van der Waals surface area contributed by atoms with E-state index < -0.39 is 9.02 Å². The van der Waals surface area contributed by atoms with Crippen molar-refractivity contribution in [1.82, 2.24) is 0 Å². The number of halogens is 1. The number of ether oxygens (including phenoxy) is 1. The molecule has 2 bridgehead atoms. The number of aliphatic hydroxyl groups is 1. The molecule has 0 radical (unpaired) electrons. The zero-order chi connectivity index (χ0) is 12.8. The number of alkyl halides is 1. The Morgan fingerprint density at radius 2 is 2.24 bits per heavy atom. The third kappa shape index (κ3) is 2.48. The first-order valence-corrected chi connectivity index (χ1v) is 7.46. The van der Waals surface area contributed by atoms with Crippen LogP contribution < -0.4 is 0 Å². The smallest absolute Gasteiger partial charge is 0.322 e. The first-order chi connectivity index (χ1) is 7.76. The molecule has 2 fully saturated rings. The largest absolute Gasteiger partial charge is 0.461 e. The number of hydrogen-bond donors (Lipinski definition) is 1. The zero-order valence-electron chi connectivity index (χ0n) is 10.7. The van der Waals surface area contributed by atoms with Gasteiger partial charge in [0.15, 0.2) is 0 Å². The van der Waals surface area contributed by atoms with Crippen molar-refractivity contribution in [2.45, 2.75) is 61.6 Å². The van der Waals surface area contributed by atoms with Crippen LogP contribution in [-0.4, -0.2) is 26.2 Å². The molecule has 0 saturated heterocycles. The van der Waals surface area contributed by atoms with Crippen LogP contribution in [0.5, 0.6) is 0 Å². The average Bonchev–Trinajstić information content (AvgIpc) is 2.73. The van der Waals surface area contributed by atoms with Crippen molar-refractivity contribution in [3.05, 3.63) is 0 Å². The summed E-state index contributed by atoms with van der Waals surface area (Å²) in [5.74, 6) is 0.577. The van der Waals surface area contributed by atoms with Crippen LogP contribution in [0.4, 0.5) is 0 Å². The third-order valence-corrected chi connectivity index (χ3v) is 5.74. The summed E-state index contributed by atoms with van der Waals surface area (Å²) in [5, 5.41) is 10.1. The molecular formula is C13H21IO3. The summed E-state index contributed by atoms with van der Waals surface area (Å²) in [7, 11) is 0. The molecule has 2 saturated carbocycles. The highest BCUT2D eigenvalue weighted by Gasteiger charge is 2.53. The van der Waals surface area contributed by atoms with Gasteiger partial charge < -0.3 is 9.84 Å². The van der Waals surface area contributed by atoms with E-state index >= 15 is 0 Å². The van der Waals surface area contributed by atoms with Crippen LogP contribution >= 0.6 is 22.6 Å². The van der Waals surface area contributed by atoms with Crippen molar-refractivity contribution in [3.63, 3.8) is 0 Å². The molecule has 3 nitrogen and oxygen atoms in total. The Labute approximate surface area is 116 Å². The Morgan fingerprint density at radius 1 is 1.59 bits per heavy atom. The van der Waals surface area contributed by atoms with Gasteiger partial charge in [-0.2, -0.15) is 0 Å². The van der Waals surface area contributed by atoms with Crippen molar-refractivity contribution >= 4 is 28.6 Å². The fourth-order valence-corrected chi connectivity index (χ4v) is 3.18. The van der Waals surface area contributed by atoms with E-state index in [9.17, 15) is 9.90 Å². The molecule has 0 spiro atoms. The number of carbonyl (C=O) groups excluding carboxylic acids is 1. The molecule has 2 rings (SSSR count). The fraction of sp³-hybridized carbons (Fsp3) is 0.923. The molecule has 5 unspecified atom stereocenters. The standard InChI is InChI=1S/C13H21IO3/c1-4-12(2,14)11(15)17-10-6-9-5-8(10)7-13(9,3)16/h8-10,16H,4-7H2,1-3H3. The highest BCUT2D eigenvalue weighted by molar-refractivity contribution is 14.1. The van der Waals surface area contributed by atoms with Crippen LogP contribution in [0.3, 0.4) is 0 Å². The number of fused-ring (bicyclic) bond motifs is 2. The highest BCUT2D eigenvalue weighted by Crippen LogP contribution is 2.52. The Balaban J connectivity index is 1.94. The maximum absolute atomic E-state index is 12.0. The summed E-state index contributed by atoms with van der Waals surface area (Å²) in [6.07, 6.45) is 3.44. The monoisotopic (exact) mass is 352 g/mol. The van der Waals surface area contributed by atoms with Crippen LogP contribution in [0.15, 0.2) is 0 Å². The van der Waals surface area contributed by atoms with Gasteiger partial charge in [0.25, 0.3) is 0 Å². The van der Waals surface area contributed by atoms with E-state index in [1.807, 2.05) is 20.8 Å². The van der Waals surface area contributed by atoms with Crippen molar-refractivity contribution < 1.29 is 14.6 Å². The van der Waals surface area contributed by atoms with Gasteiger partial charge in [-0.25, -0.2) is 0 Å². The summed E-state index contributed by atoms with van der Waals surface area (Å²) in [4.78, 5) is 12.0. The molecule has 5 atom stereocenters. The molecule has 4 heteroatoms. The molecule has 1 N–H and O–H groups in total. The quantitative estimate of drug-likeness (QED) is 0.483. The summed E-state index contributed by atoms with van der Waals surface area (Å²) < 4.78 is 5.22. The zero-order valence-corrected chi connectivity index (χ0v) is 12.9. The Morgan fingerprint density at radius 3 is 2.65 bits per heavy atom. The minimum Gasteiger partial charge on any atom is -0.461 e. The Bertz CT molecular complexity index is 325. The normalized spacial score (nSPS) is 43.5. The van der Waals surface area contributed by atoms with E-state index in [1.54, 1.807) is 0 Å². The maximum atomic E-state index is 12.0. The average molecular weight is 352 g/mol. The van der Waals surface area contributed by atoms with E-state index in [0.717, 1.165) is 25.7 Å². The van der Waals surface area contributed by atoms with E-state index in [0.29, 0.717) is 11.8 Å². The molecule has 17 heavy (non-hydrogen) atoms. The molecule has 2 aliphatic carbocycles. The molecule has 2 aliphatic rings. The van der Waals surface area contributed by atoms with Crippen molar-refractivity contribution in [1.29, 1.82) is 0 Å². The van der Waals surface area contributed by atoms with Gasteiger partial charge in [-0.1, -0.05) is 29.5 Å². The second kappa shape index (κ2) is 4.37. The lowest BCUT2D eigenvalue weighted by Gasteiger charge is -2.33. The number of rotatable bonds is 3. The Hall–Kier alpha value is 0.160. The second-order valence-corrected chi connectivity index (χ2v) is 8.37. The van der Waals surface area contributed by atoms with Crippen molar-refractivity contribution in [2.24, 2.45) is 11.8 Å². The van der Waals surface area contributed by atoms with Crippen molar-refractivity contribution in [3.8, 4) is 0 Å². The van der Waals surface area contributed by atoms with Gasteiger partial charge in [-0.3, -0.25) is 4.79 Å². The van der Waals surface area contributed by atoms with Crippen LogP contribution in [0.25, 0.3) is 0 Å². The van der Waals surface area contributed by atoms with Crippen LogP contribution in [0.2, 0.25) is 0 Å². The summed E-state index contributed by atoms with van der Waals surface area (Å²) in [6.45, 7) is 5.82. The molecule has 0 aromatic heterocycles. The van der Waals surface area contributed by atoms with E-state index in [4.69, 9.17) is 4.74 Å². The predicted molar refractivity (Wildman–Crippen MR) is 74.1 cm³/mol. The SMILES string of the molecule is CCC(C)(I)C(=O)OC1CC2CC1CC2(C)O. The molecular weight excluding hydrogens is 331 g/mol. The van der Waals surface area contributed by atoms with Crippen LogP contribution in [-0.2, 0) is 9.53 Å². The molecule has 0 amide bonds. The summed E-state index contributed by atoms with van der Waals surface area (Å²) in [5.41, 5.74) is -0.536. The number of esters is 1. The number of hydrogen-bond acceptors (Lipinski definition) is 3. The minimum absolute atomic E-state index is 0.0355. The highest BCUT2D eigenvalue weighted by atomic mass is 127. The summed E-state index contributed by atoms with van der Waals surface area (Å²) in [6, 6.07) is 0. The van der Waals surface area contributed by atoms with Gasteiger partial charge in [0.2, 0.25) is 0 Å². The number of carbonyl (C=O) groups is 1. The van der Waals surface area contributed by atoms with Gasteiger partial charge >= 0.3 is 5.97 Å². The predicted octanol–water partition coefficient (Wildman–Crippen LogP) is 2.68. The van der Waals surface area contributed by atoms with E-state index in [-0.39, 0.29) is 12.1 Å². The van der Waals surface area contributed by atoms with E-state index in [2.05, 4.69) is 22.6 Å². The fourth-order valence-electron chi connectivity index (χ4n) is 3.06. The molecule has 0 aromatic rings. The van der Waals surface area contributed by atoms with Crippen LogP contribution in [0.1, 0.15) is 46.5 Å². The lowest BCUT2D eigenvalue weighted by Crippen LogP contribution is -2.40. The molecule has 98 valence electrons. The Kier molecular flexibility index (Phi) is 3.49. The third-order valence-electron chi connectivity index (χ3n) is 4.53. The maximum Gasteiger partial charge on any atom is 0.322 e. The van der Waals surface area contributed by atoms with Gasteiger partial charge in [0, 0.05) is 0 Å². The lowest BCUT2D eigenvalue weighted by atomic mass is 9.84. The topological polar surface area (TPSA) is 46.5 Å². The summed E-state index contributed by atoms with van der Waals surface area (Å²) >= 11 is 2.17. The lowest BCUT2D eigenvalue weighted by molar-refractivity contribution is -0.156. The van der Waals surface area contributed by atoms with Gasteiger partial charge in [0.1, 0.15) is 9.53 Å². The molecule has 0 aromatic carbocycles. The van der Waals surface area contributed by atoms with E-state index in [1.165, 1.54) is 0 Å². The first kappa shape index (κ1) is 13.6. The second-order valence-electron chi connectivity index (χ2n) is 5.98. The van der Waals surface area contributed by atoms with Gasteiger partial charge in [-0.15, -0.1) is 0 Å². The van der Waals surface area contributed by atoms with Crippen molar-refractivity contribution in [2.75, 3.05) is 0 Å². The molecule has 0 heterocycles.